The average Bonchev–Trinajstić information content (AvgIpc) is 3.30. The zero-order chi connectivity index (χ0) is 23.5. The van der Waals surface area contributed by atoms with E-state index < -0.39 is 17.8 Å². The molecule has 0 bridgehead atoms. The van der Waals surface area contributed by atoms with Gasteiger partial charge in [-0.3, -0.25) is 19.8 Å². The van der Waals surface area contributed by atoms with Crippen LogP contribution in [-0.4, -0.2) is 37.1 Å². The van der Waals surface area contributed by atoms with Gasteiger partial charge in [0, 0.05) is 5.56 Å². The fourth-order valence-electron chi connectivity index (χ4n) is 3.33. The second-order valence-electron chi connectivity index (χ2n) is 6.90. The summed E-state index contributed by atoms with van der Waals surface area (Å²) in [6, 6.07) is 16.7. The summed E-state index contributed by atoms with van der Waals surface area (Å²) >= 11 is 5.21. The minimum absolute atomic E-state index is 0.0283. The lowest BCUT2D eigenvalue weighted by Crippen LogP contribution is -2.54. The molecular formula is C24H18N2O6S. The van der Waals surface area contributed by atoms with Crippen LogP contribution in [-0.2, 0) is 14.3 Å². The highest BCUT2D eigenvalue weighted by Gasteiger charge is 2.34. The van der Waals surface area contributed by atoms with Crippen molar-refractivity contribution in [1.29, 1.82) is 0 Å². The molecule has 9 heteroatoms. The third-order valence-corrected chi connectivity index (χ3v) is 5.23. The maximum Gasteiger partial charge on any atom is 0.338 e. The number of hydrogen-bond acceptors (Lipinski definition) is 7. The molecule has 1 aliphatic heterocycles. The fourth-order valence-corrected chi connectivity index (χ4v) is 3.61. The van der Waals surface area contributed by atoms with Crippen molar-refractivity contribution in [2.75, 3.05) is 19.1 Å². The number of esters is 1. The highest BCUT2D eigenvalue weighted by atomic mass is 32.1. The van der Waals surface area contributed by atoms with E-state index in [1.54, 1.807) is 60.7 Å². The molecule has 166 valence electrons. The first-order valence-corrected chi connectivity index (χ1v) is 10.2. The van der Waals surface area contributed by atoms with Gasteiger partial charge in [-0.25, -0.2) is 4.79 Å². The smallest absolute Gasteiger partial charge is 0.338 e. The molecule has 1 aliphatic rings. The Labute approximate surface area is 194 Å². The first-order valence-electron chi connectivity index (χ1n) is 9.76. The van der Waals surface area contributed by atoms with Gasteiger partial charge in [-0.1, -0.05) is 18.2 Å². The first-order chi connectivity index (χ1) is 15.9. The lowest BCUT2D eigenvalue weighted by atomic mass is 10.1. The van der Waals surface area contributed by atoms with E-state index in [2.05, 4.69) is 5.32 Å². The van der Waals surface area contributed by atoms with E-state index in [-0.39, 0.29) is 16.4 Å². The molecule has 0 atom stereocenters. The van der Waals surface area contributed by atoms with Gasteiger partial charge in [0.15, 0.2) is 5.11 Å². The van der Waals surface area contributed by atoms with Crippen LogP contribution in [0.3, 0.4) is 0 Å². The Morgan fingerprint density at radius 1 is 1.03 bits per heavy atom. The predicted octanol–water partition coefficient (Wildman–Crippen LogP) is 3.57. The van der Waals surface area contributed by atoms with Crippen LogP contribution in [0, 0.1) is 0 Å². The summed E-state index contributed by atoms with van der Waals surface area (Å²) in [4.78, 5) is 38.9. The molecule has 0 aliphatic carbocycles. The van der Waals surface area contributed by atoms with Crippen LogP contribution in [0.25, 0.3) is 17.4 Å². The number of carbonyl (C=O) groups excluding carboxylic acids is 3. The second kappa shape index (κ2) is 9.09. The topological polar surface area (TPSA) is 98.1 Å². The van der Waals surface area contributed by atoms with Crippen LogP contribution in [0.4, 0.5) is 5.69 Å². The standard InChI is InChI=1S/C24H18N2O6S/c1-30-15-9-7-14(8-10-15)26-22(28)19(21(27)25-24(26)33)13-16-11-12-20(32-16)17-5-3-4-6-18(17)23(29)31-2/h3-13H,1-2H3,(H,25,27,33). The zero-order valence-electron chi connectivity index (χ0n) is 17.7. The average molecular weight is 462 g/mol. The summed E-state index contributed by atoms with van der Waals surface area (Å²) in [5.74, 6) is -0.485. The number of furan rings is 1. The molecule has 0 spiro atoms. The molecule has 2 heterocycles. The quantitative estimate of drug-likeness (QED) is 0.268. The van der Waals surface area contributed by atoms with Crippen molar-refractivity contribution in [2.24, 2.45) is 0 Å². The van der Waals surface area contributed by atoms with Gasteiger partial charge in [0.1, 0.15) is 22.8 Å². The van der Waals surface area contributed by atoms with Crippen LogP contribution in [0.1, 0.15) is 16.1 Å². The molecule has 0 saturated carbocycles. The highest BCUT2D eigenvalue weighted by molar-refractivity contribution is 7.80. The van der Waals surface area contributed by atoms with E-state index in [0.717, 1.165) is 0 Å². The lowest BCUT2D eigenvalue weighted by molar-refractivity contribution is -0.122. The first kappa shape index (κ1) is 22.0. The van der Waals surface area contributed by atoms with E-state index in [4.69, 9.17) is 26.1 Å². The summed E-state index contributed by atoms with van der Waals surface area (Å²) < 4.78 is 15.8. The van der Waals surface area contributed by atoms with Gasteiger partial charge < -0.3 is 13.9 Å². The van der Waals surface area contributed by atoms with Crippen molar-refractivity contribution >= 4 is 46.9 Å². The van der Waals surface area contributed by atoms with Gasteiger partial charge in [-0.2, -0.15) is 0 Å². The molecule has 3 aromatic rings. The van der Waals surface area contributed by atoms with Crippen molar-refractivity contribution in [1.82, 2.24) is 5.32 Å². The van der Waals surface area contributed by atoms with Gasteiger partial charge in [0.25, 0.3) is 11.8 Å². The van der Waals surface area contributed by atoms with E-state index in [1.165, 1.54) is 25.2 Å². The Bertz CT molecular complexity index is 1290. The van der Waals surface area contributed by atoms with E-state index in [1.807, 2.05) is 0 Å². The predicted molar refractivity (Wildman–Crippen MR) is 125 cm³/mol. The monoisotopic (exact) mass is 462 g/mol. The number of rotatable bonds is 5. The Hall–Kier alpha value is -4.24. The molecule has 1 aromatic heterocycles. The second-order valence-corrected chi connectivity index (χ2v) is 7.28. The number of hydrogen-bond donors (Lipinski definition) is 1. The SMILES string of the molecule is COC(=O)c1ccccc1-c1ccc(C=C2C(=O)NC(=S)N(c3ccc(OC)cc3)C2=O)o1. The van der Waals surface area contributed by atoms with Gasteiger partial charge in [0.2, 0.25) is 0 Å². The highest BCUT2D eigenvalue weighted by Crippen LogP contribution is 2.29. The molecule has 0 radical (unpaired) electrons. The minimum atomic E-state index is -0.636. The number of nitrogens with one attached hydrogen (secondary N) is 1. The van der Waals surface area contributed by atoms with Gasteiger partial charge in [-0.15, -0.1) is 0 Å². The van der Waals surface area contributed by atoms with E-state index >= 15 is 0 Å². The minimum Gasteiger partial charge on any atom is -0.497 e. The van der Waals surface area contributed by atoms with Crippen LogP contribution in [0.15, 0.2) is 70.7 Å². The van der Waals surface area contributed by atoms with Crippen molar-refractivity contribution < 1.29 is 28.3 Å². The summed E-state index contributed by atoms with van der Waals surface area (Å²) in [7, 11) is 2.83. The third-order valence-electron chi connectivity index (χ3n) is 4.94. The van der Waals surface area contributed by atoms with E-state index in [9.17, 15) is 14.4 Å². The molecule has 4 rings (SSSR count). The maximum atomic E-state index is 13.1. The summed E-state index contributed by atoms with van der Waals surface area (Å²) in [6.45, 7) is 0. The number of amides is 2. The van der Waals surface area contributed by atoms with Crippen LogP contribution >= 0.6 is 12.2 Å². The zero-order valence-corrected chi connectivity index (χ0v) is 18.5. The Morgan fingerprint density at radius 2 is 1.76 bits per heavy atom. The van der Waals surface area contributed by atoms with Crippen LogP contribution in [0.5, 0.6) is 5.75 Å². The summed E-state index contributed by atoms with van der Waals surface area (Å²) in [5.41, 5.74) is 1.18. The van der Waals surface area contributed by atoms with Crippen molar-refractivity contribution in [3.05, 3.63) is 77.6 Å². The van der Waals surface area contributed by atoms with Crippen molar-refractivity contribution in [2.45, 2.75) is 0 Å². The van der Waals surface area contributed by atoms with Gasteiger partial charge >= 0.3 is 5.97 Å². The normalized spacial score (nSPS) is 14.9. The largest absolute Gasteiger partial charge is 0.497 e. The lowest BCUT2D eigenvalue weighted by Gasteiger charge is -2.28. The summed E-state index contributed by atoms with van der Waals surface area (Å²) in [5, 5.41) is 2.49. The summed E-state index contributed by atoms with van der Waals surface area (Å²) in [6.07, 6.45) is 1.33. The molecule has 0 unspecified atom stereocenters. The molecule has 1 fully saturated rings. The van der Waals surface area contributed by atoms with Gasteiger partial charge in [-0.05, 0) is 60.8 Å². The number of anilines is 1. The Morgan fingerprint density at radius 3 is 2.45 bits per heavy atom. The van der Waals surface area contributed by atoms with Crippen LogP contribution in [0.2, 0.25) is 0 Å². The maximum absolute atomic E-state index is 13.1. The fraction of sp³-hybridized carbons (Fsp3) is 0.0833. The van der Waals surface area contributed by atoms with Crippen LogP contribution < -0.4 is 15.0 Å². The Kier molecular flexibility index (Phi) is 6.05. The molecule has 8 nitrogen and oxygen atoms in total. The number of carbonyl (C=O) groups is 3. The number of ether oxygens (including phenoxy) is 2. The number of thiocarbonyl (C=S) groups is 1. The number of methoxy groups -OCH3 is 2. The molecule has 1 N–H and O–H groups in total. The molecule has 2 aromatic carbocycles. The number of nitrogens with zero attached hydrogens (tertiary/aromatic N) is 1. The number of benzene rings is 2. The van der Waals surface area contributed by atoms with Crippen molar-refractivity contribution in [3.63, 3.8) is 0 Å². The van der Waals surface area contributed by atoms with E-state index in [0.29, 0.717) is 28.3 Å². The molecule has 33 heavy (non-hydrogen) atoms. The Balaban J connectivity index is 1.67. The molecule has 2 amide bonds. The van der Waals surface area contributed by atoms with Gasteiger partial charge in [0.05, 0.1) is 25.5 Å². The molecular weight excluding hydrogens is 444 g/mol. The third kappa shape index (κ3) is 4.26. The van der Waals surface area contributed by atoms with Crippen molar-refractivity contribution in [3.8, 4) is 17.1 Å². The molecule has 1 saturated heterocycles.